The summed E-state index contributed by atoms with van der Waals surface area (Å²) in [6, 6.07) is 0. The van der Waals surface area contributed by atoms with Crippen molar-refractivity contribution in [1.29, 1.82) is 0 Å². The van der Waals surface area contributed by atoms with Gasteiger partial charge in [-0.25, -0.2) is 19.9 Å². The van der Waals surface area contributed by atoms with Gasteiger partial charge in [-0.2, -0.15) is 0 Å². The molecule has 0 atom stereocenters. The van der Waals surface area contributed by atoms with Crippen LogP contribution in [0.4, 0.5) is 5.82 Å². The van der Waals surface area contributed by atoms with Crippen molar-refractivity contribution in [3.05, 3.63) is 44.6 Å². The van der Waals surface area contributed by atoms with Gasteiger partial charge >= 0.3 is 0 Å². The number of nitrogens with zero attached hydrogens (tertiary/aromatic N) is 5. The van der Waals surface area contributed by atoms with Crippen molar-refractivity contribution in [3.8, 4) is 11.5 Å². The summed E-state index contributed by atoms with van der Waals surface area (Å²) in [5, 5.41) is 5.80. The molecule has 0 radical (unpaired) electrons. The van der Waals surface area contributed by atoms with Gasteiger partial charge in [-0.05, 0) is 45.1 Å². The molecule has 0 saturated carbocycles. The van der Waals surface area contributed by atoms with Gasteiger partial charge in [0.15, 0.2) is 5.82 Å². The molecule has 142 valence electrons. The summed E-state index contributed by atoms with van der Waals surface area (Å²) in [7, 11) is 0. The lowest BCUT2D eigenvalue weighted by Crippen LogP contribution is -2.06. The summed E-state index contributed by atoms with van der Waals surface area (Å²) in [6.07, 6.45) is 9.79. The molecule has 4 heterocycles. The zero-order chi connectivity index (χ0) is 19.1. The molecular weight excluding hydrogens is 388 g/mol. The topological polar surface area (TPSA) is 76.5 Å². The van der Waals surface area contributed by atoms with Crippen molar-refractivity contribution in [2.24, 2.45) is 0 Å². The Morgan fingerprint density at radius 3 is 2.71 bits per heavy atom. The van der Waals surface area contributed by atoms with Gasteiger partial charge in [0.1, 0.15) is 21.3 Å². The summed E-state index contributed by atoms with van der Waals surface area (Å²) < 4.78 is 0. The number of thiazole rings is 1. The molecule has 0 aromatic carbocycles. The van der Waals surface area contributed by atoms with E-state index < -0.39 is 0 Å². The van der Waals surface area contributed by atoms with E-state index in [0.717, 1.165) is 34.2 Å². The average molecular weight is 409 g/mol. The molecule has 0 amide bonds. The Balaban J connectivity index is 1.60. The van der Waals surface area contributed by atoms with E-state index in [1.54, 1.807) is 41.3 Å². The summed E-state index contributed by atoms with van der Waals surface area (Å²) in [6.45, 7) is 4.83. The summed E-state index contributed by atoms with van der Waals surface area (Å²) in [5.41, 5.74) is 3.22. The van der Waals surface area contributed by atoms with E-state index >= 15 is 0 Å². The standard InChI is InChI=1S/C20H20N6S2/c1-11-12(2)27-16(24-11)10-23-19-17-13-5-3-4-6-15(13)28-20(17)26-18(25-19)14-9-21-7-8-22-14/h7-9H,3-6,10H2,1-2H3,(H,23,25,26). The van der Waals surface area contributed by atoms with E-state index in [4.69, 9.17) is 9.97 Å². The van der Waals surface area contributed by atoms with Crippen LogP contribution in [-0.2, 0) is 19.4 Å². The fraction of sp³-hybridized carbons (Fsp3) is 0.350. The van der Waals surface area contributed by atoms with Crippen LogP contribution in [0.25, 0.3) is 21.7 Å². The van der Waals surface area contributed by atoms with Gasteiger partial charge in [-0.15, -0.1) is 22.7 Å². The van der Waals surface area contributed by atoms with E-state index in [0.29, 0.717) is 18.1 Å². The van der Waals surface area contributed by atoms with Crippen LogP contribution in [0.2, 0.25) is 0 Å². The second-order valence-corrected chi connectivity index (χ2v) is 9.35. The average Bonchev–Trinajstić information content (AvgIpc) is 3.26. The second kappa shape index (κ2) is 7.18. The van der Waals surface area contributed by atoms with Crippen LogP contribution in [0, 0.1) is 13.8 Å². The highest BCUT2D eigenvalue weighted by atomic mass is 32.1. The van der Waals surface area contributed by atoms with Crippen molar-refractivity contribution in [1.82, 2.24) is 24.9 Å². The fourth-order valence-corrected chi connectivity index (χ4v) is 5.72. The molecule has 5 rings (SSSR count). The second-order valence-electron chi connectivity index (χ2n) is 6.98. The molecule has 0 saturated heterocycles. The minimum atomic E-state index is 0.619. The molecule has 6 nitrogen and oxygen atoms in total. The van der Waals surface area contributed by atoms with Gasteiger partial charge in [-0.1, -0.05) is 0 Å². The van der Waals surface area contributed by atoms with Gasteiger partial charge in [0, 0.05) is 22.1 Å². The summed E-state index contributed by atoms with van der Waals surface area (Å²) in [4.78, 5) is 26.7. The van der Waals surface area contributed by atoms with Crippen LogP contribution in [0.15, 0.2) is 18.6 Å². The van der Waals surface area contributed by atoms with Gasteiger partial charge < -0.3 is 5.32 Å². The van der Waals surface area contributed by atoms with Crippen LogP contribution in [-0.4, -0.2) is 24.9 Å². The van der Waals surface area contributed by atoms with Crippen molar-refractivity contribution in [3.63, 3.8) is 0 Å². The molecule has 0 fully saturated rings. The molecule has 0 spiro atoms. The van der Waals surface area contributed by atoms with E-state index in [9.17, 15) is 0 Å². The highest BCUT2D eigenvalue weighted by molar-refractivity contribution is 7.19. The normalized spacial score (nSPS) is 13.6. The first-order chi connectivity index (χ1) is 13.7. The number of aromatic nitrogens is 5. The third kappa shape index (κ3) is 3.16. The predicted octanol–water partition coefficient (Wildman–Crippen LogP) is 4.71. The number of anilines is 1. The van der Waals surface area contributed by atoms with Crippen LogP contribution >= 0.6 is 22.7 Å². The molecule has 1 N–H and O–H groups in total. The maximum atomic E-state index is 4.85. The molecule has 4 aromatic heterocycles. The van der Waals surface area contributed by atoms with Crippen molar-refractivity contribution in [2.75, 3.05) is 5.32 Å². The SMILES string of the molecule is Cc1nc(CNc2nc(-c3cnccn3)nc3sc4c(c23)CCCC4)sc1C. The lowest BCUT2D eigenvalue weighted by molar-refractivity contribution is 0.700. The largest absolute Gasteiger partial charge is 0.363 e. The number of rotatable bonds is 4. The molecule has 8 heteroatoms. The Morgan fingerprint density at radius 2 is 1.93 bits per heavy atom. The van der Waals surface area contributed by atoms with Crippen molar-refractivity contribution < 1.29 is 0 Å². The van der Waals surface area contributed by atoms with E-state index in [1.807, 2.05) is 0 Å². The molecule has 1 aliphatic carbocycles. The quantitative estimate of drug-likeness (QED) is 0.527. The number of aryl methyl sites for hydroxylation is 4. The number of hydrogen-bond acceptors (Lipinski definition) is 8. The maximum absolute atomic E-state index is 4.85. The monoisotopic (exact) mass is 408 g/mol. The lowest BCUT2D eigenvalue weighted by Gasteiger charge is -2.13. The number of fused-ring (bicyclic) bond motifs is 3. The van der Waals surface area contributed by atoms with Crippen LogP contribution in [0.5, 0.6) is 0 Å². The van der Waals surface area contributed by atoms with Gasteiger partial charge in [-0.3, -0.25) is 4.98 Å². The first-order valence-corrected chi connectivity index (χ1v) is 11.1. The predicted molar refractivity (Wildman–Crippen MR) is 114 cm³/mol. The van der Waals surface area contributed by atoms with Gasteiger partial charge in [0.25, 0.3) is 0 Å². The molecule has 0 unspecified atom stereocenters. The Morgan fingerprint density at radius 1 is 1.04 bits per heavy atom. The zero-order valence-electron chi connectivity index (χ0n) is 15.8. The van der Waals surface area contributed by atoms with Gasteiger partial charge in [0.2, 0.25) is 0 Å². The van der Waals surface area contributed by atoms with Gasteiger partial charge in [0.05, 0.1) is 23.8 Å². The summed E-state index contributed by atoms with van der Waals surface area (Å²) >= 11 is 3.53. The highest BCUT2D eigenvalue weighted by Gasteiger charge is 2.22. The van der Waals surface area contributed by atoms with Crippen LogP contribution in [0.1, 0.15) is 38.9 Å². The Bertz CT molecular complexity index is 1130. The molecule has 0 aliphatic heterocycles. The smallest absolute Gasteiger partial charge is 0.183 e. The Hall–Kier alpha value is -2.45. The third-order valence-electron chi connectivity index (χ3n) is 5.09. The maximum Gasteiger partial charge on any atom is 0.183 e. The van der Waals surface area contributed by atoms with Crippen LogP contribution < -0.4 is 5.32 Å². The zero-order valence-corrected chi connectivity index (χ0v) is 17.5. The van der Waals surface area contributed by atoms with Crippen LogP contribution in [0.3, 0.4) is 0 Å². The van der Waals surface area contributed by atoms with E-state index in [2.05, 4.69) is 34.1 Å². The number of nitrogens with one attached hydrogen (secondary N) is 1. The minimum Gasteiger partial charge on any atom is -0.363 e. The first-order valence-electron chi connectivity index (χ1n) is 9.44. The summed E-state index contributed by atoms with van der Waals surface area (Å²) in [5.74, 6) is 1.50. The minimum absolute atomic E-state index is 0.619. The third-order valence-corrected chi connectivity index (χ3v) is 7.35. The van der Waals surface area contributed by atoms with Crippen molar-refractivity contribution >= 4 is 38.7 Å². The molecule has 28 heavy (non-hydrogen) atoms. The highest BCUT2D eigenvalue weighted by Crippen LogP contribution is 2.39. The van der Waals surface area contributed by atoms with E-state index in [-0.39, 0.29) is 0 Å². The Kier molecular flexibility index (Phi) is 4.52. The van der Waals surface area contributed by atoms with E-state index in [1.165, 1.54) is 33.5 Å². The first kappa shape index (κ1) is 17.6. The molecule has 4 aromatic rings. The molecular formula is C20H20N6S2. The molecule has 0 bridgehead atoms. The Labute approximate surface area is 171 Å². The lowest BCUT2D eigenvalue weighted by atomic mass is 9.97. The fourth-order valence-electron chi connectivity index (χ4n) is 3.59. The molecule has 1 aliphatic rings. The number of thiophene rings is 1. The number of hydrogen-bond donors (Lipinski definition) is 1. The van der Waals surface area contributed by atoms with Crippen molar-refractivity contribution in [2.45, 2.75) is 46.1 Å².